The van der Waals surface area contributed by atoms with Crippen LogP contribution in [-0.2, 0) is 12.8 Å². The molecule has 4 rings (SSSR count). The Morgan fingerprint density at radius 3 is 2.86 bits per heavy atom. The van der Waals surface area contributed by atoms with Crippen LogP contribution in [0.3, 0.4) is 0 Å². The summed E-state index contributed by atoms with van der Waals surface area (Å²) in [6.45, 7) is 1.81. The van der Waals surface area contributed by atoms with E-state index < -0.39 is 0 Å². The van der Waals surface area contributed by atoms with Crippen molar-refractivity contribution in [2.45, 2.75) is 19.3 Å². The number of hydrogen-bond acceptors (Lipinski definition) is 2. The molecule has 3 heteroatoms. The first kappa shape index (κ1) is 12.5. The lowest BCUT2D eigenvalue weighted by Gasteiger charge is -2.30. The van der Waals surface area contributed by atoms with Gasteiger partial charge >= 0.3 is 0 Å². The Labute approximate surface area is 124 Å². The van der Waals surface area contributed by atoms with E-state index in [1.165, 1.54) is 16.8 Å². The molecule has 1 amide bonds. The highest BCUT2D eigenvalue weighted by Gasteiger charge is 2.25. The minimum atomic E-state index is 0.126. The van der Waals surface area contributed by atoms with Crippen LogP contribution in [0, 0.1) is 0 Å². The lowest BCUT2D eigenvalue weighted by atomic mass is 9.97. The monoisotopic (exact) mass is 278 g/mol. The third-order valence-electron chi connectivity index (χ3n) is 4.44. The van der Waals surface area contributed by atoms with E-state index in [9.17, 15) is 4.79 Å². The predicted molar refractivity (Wildman–Crippen MR) is 85.1 cm³/mol. The number of carbonyl (C=O) groups excluding carboxylic acids is 1. The second-order valence-corrected chi connectivity index (χ2v) is 5.74. The van der Waals surface area contributed by atoms with Gasteiger partial charge in [-0.2, -0.15) is 0 Å². The maximum absolute atomic E-state index is 12.7. The van der Waals surface area contributed by atoms with E-state index in [1.807, 2.05) is 23.1 Å². The molecule has 0 atom stereocenters. The lowest BCUT2D eigenvalue weighted by Crippen LogP contribution is -2.37. The third kappa shape index (κ3) is 2.09. The molecular weight excluding hydrogens is 260 g/mol. The van der Waals surface area contributed by atoms with Crippen LogP contribution in [0.4, 0.5) is 11.4 Å². The van der Waals surface area contributed by atoms with E-state index in [-0.39, 0.29) is 5.91 Å². The summed E-state index contributed by atoms with van der Waals surface area (Å²) in [7, 11) is 0. The van der Waals surface area contributed by atoms with E-state index in [0.717, 1.165) is 43.6 Å². The van der Waals surface area contributed by atoms with Crippen molar-refractivity contribution < 1.29 is 4.79 Å². The van der Waals surface area contributed by atoms with Crippen molar-refractivity contribution in [1.82, 2.24) is 0 Å². The van der Waals surface area contributed by atoms with Crippen LogP contribution in [0.25, 0.3) is 0 Å². The Hall–Kier alpha value is -2.29. The van der Waals surface area contributed by atoms with Crippen LogP contribution in [0.1, 0.15) is 27.9 Å². The quantitative estimate of drug-likeness (QED) is 0.868. The summed E-state index contributed by atoms with van der Waals surface area (Å²) in [5.41, 5.74) is 5.58. The SMILES string of the molecule is O=C1c2ccccc2CCN1c1ccc2c(c1)CCCN2. The maximum atomic E-state index is 12.7. The topological polar surface area (TPSA) is 32.3 Å². The van der Waals surface area contributed by atoms with Crippen molar-refractivity contribution >= 4 is 17.3 Å². The van der Waals surface area contributed by atoms with Crippen molar-refractivity contribution in [3.63, 3.8) is 0 Å². The van der Waals surface area contributed by atoms with Crippen LogP contribution in [0.15, 0.2) is 42.5 Å². The summed E-state index contributed by atoms with van der Waals surface area (Å²) in [5.74, 6) is 0.126. The Kier molecular flexibility index (Phi) is 2.92. The molecule has 2 aromatic carbocycles. The van der Waals surface area contributed by atoms with E-state index in [0.29, 0.717) is 0 Å². The second kappa shape index (κ2) is 4.92. The van der Waals surface area contributed by atoms with Gasteiger partial charge in [0.05, 0.1) is 0 Å². The Morgan fingerprint density at radius 2 is 1.90 bits per heavy atom. The molecule has 0 aromatic heterocycles. The molecule has 2 aliphatic rings. The number of benzene rings is 2. The van der Waals surface area contributed by atoms with E-state index in [2.05, 4.69) is 29.6 Å². The molecule has 0 bridgehead atoms. The smallest absolute Gasteiger partial charge is 0.258 e. The summed E-state index contributed by atoms with van der Waals surface area (Å²) in [4.78, 5) is 14.6. The standard InChI is InChI=1S/C18H18N2O/c21-18-16-6-2-1-4-13(16)9-11-20(18)15-7-8-17-14(12-15)5-3-10-19-17/h1-2,4,6-8,12,19H,3,5,9-11H2. The zero-order chi connectivity index (χ0) is 14.2. The molecule has 2 aliphatic heterocycles. The molecule has 0 aliphatic carbocycles. The zero-order valence-corrected chi connectivity index (χ0v) is 11.9. The molecule has 0 radical (unpaired) electrons. The van der Waals surface area contributed by atoms with Gasteiger partial charge < -0.3 is 10.2 Å². The number of aryl methyl sites for hydroxylation is 1. The third-order valence-corrected chi connectivity index (χ3v) is 4.44. The average molecular weight is 278 g/mol. The molecule has 0 saturated heterocycles. The minimum Gasteiger partial charge on any atom is -0.385 e. The number of nitrogens with one attached hydrogen (secondary N) is 1. The highest BCUT2D eigenvalue weighted by molar-refractivity contribution is 6.08. The van der Waals surface area contributed by atoms with Crippen LogP contribution in [0.5, 0.6) is 0 Å². The fraction of sp³-hybridized carbons (Fsp3) is 0.278. The number of nitrogens with zero attached hydrogens (tertiary/aromatic N) is 1. The largest absolute Gasteiger partial charge is 0.385 e. The minimum absolute atomic E-state index is 0.126. The first-order valence-corrected chi connectivity index (χ1v) is 7.59. The molecule has 0 fully saturated rings. The summed E-state index contributed by atoms with van der Waals surface area (Å²) < 4.78 is 0. The van der Waals surface area contributed by atoms with E-state index in [1.54, 1.807) is 0 Å². The van der Waals surface area contributed by atoms with Gasteiger partial charge in [-0.3, -0.25) is 4.79 Å². The number of fused-ring (bicyclic) bond motifs is 2. The molecule has 2 heterocycles. The number of rotatable bonds is 1. The van der Waals surface area contributed by atoms with Gasteiger partial charge in [-0.25, -0.2) is 0 Å². The van der Waals surface area contributed by atoms with Gasteiger partial charge in [0.25, 0.3) is 5.91 Å². The summed E-state index contributed by atoms with van der Waals surface area (Å²) in [6.07, 6.45) is 3.18. The molecular formula is C18H18N2O. The van der Waals surface area contributed by atoms with Gasteiger partial charge in [0.2, 0.25) is 0 Å². The van der Waals surface area contributed by atoms with Gasteiger partial charge in [0, 0.05) is 30.0 Å². The fourth-order valence-electron chi connectivity index (χ4n) is 3.30. The van der Waals surface area contributed by atoms with Gasteiger partial charge in [-0.1, -0.05) is 18.2 Å². The van der Waals surface area contributed by atoms with Crippen molar-refractivity contribution in [3.8, 4) is 0 Å². The molecule has 0 unspecified atom stereocenters. The average Bonchev–Trinajstić information content (AvgIpc) is 2.55. The van der Waals surface area contributed by atoms with E-state index >= 15 is 0 Å². The van der Waals surface area contributed by atoms with Crippen LogP contribution in [0.2, 0.25) is 0 Å². The number of carbonyl (C=O) groups is 1. The van der Waals surface area contributed by atoms with Crippen LogP contribution >= 0.6 is 0 Å². The van der Waals surface area contributed by atoms with Gasteiger partial charge in [0.1, 0.15) is 0 Å². The highest BCUT2D eigenvalue weighted by Crippen LogP contribution is 2.30. The molecule has 106 valence electrons. The number of hydrogen-bond donors (Lipinski definition) is 1. The predicted octanol–water partition coefficient (Wildman–Crippen LogP) is 3.25. The number of amides is 1. The summed E-state index contributed by atoms with van der Waals surface area (Å²) >= 11 is 0. The first-order valence-electron chi connectivity index (χ1n) is 7.59. The van der Waals surface area contributed by atoms with Crippen molar-refractivity contribution in [3.05, 3.63) is 59.2 Å². The molecule has 21 heavy (non-hydrogen) atoms. The van der Waals surface area contributed by atoms with Crippen molar-refractivity contribution in [2.75, 3.05) is 23.3 Å². The first-order chi connectivity index (χ1) is 10.3. The van der Waals surface area contributed by atoms with Gasteiger partial charge in [-0.05, 0) is 54.7 Å². The Morgan fingerprint density at radius 1 is 1.00 bits per heavy atom. The molecule has 3 nitrogen and oxygen atoms in total. The van der Waals surface area contributed by atoms with Crippen molar-refractivity contribution in [1.29, 1.82) is 0 Å². The number of anilines is 2. The van der Waals surface area contributed by atoms with Crippen molar-refractivity contribution in [2.24, 2.45) is 0 Å². The normalized spacial score (nSPS) is 17.0. The highest BCUT2D eigenvalue weighted by atomic mass is 16.2. The maximum Gasteiger partial charge on any atom is 0.258 e. The van der Waals surface area contributed by atoms with Crippen LogP contribution in [-0.4, -0.2) is 19.0 Å². The van der Waals surface area contributed by atoms with E-state index in [4.69, 9.17) is 0 Å². The Balaban J connectivity index is 1.70. The van der Waals surface area contributed by atoms with Gasteiger partial charge in [-0.15, -0.1) is 0 Å². The second-order valence-electron chi connectivity index (χ2n) is 5.74. The summed E-state index contributed by atoms with van der Waals surface area (Å²) in [5, 5.41) is 3.42. The fourth-order valence-corrected chi connectivity index (χ4v) is 3.30. The van der Waals surface area contributed by atoms with Crippen LogP contribution < -0.4 is 10.2 Å². The van der Waals surface area contributed by atoms with Gasteiger partial charge in [0.15, 0.2) is 0 Å². The Bertz CT molecular complexity index is 708. The lowest BCUT2D eigenvalue weighted by molar-refractivity contribution is 0.0980. The molecule has 0 saturated carbocycles. The molecule has 2 aromatic rings. The molecule has 1 N–H and O–H groups in total. The zero-order valence-electron chi connectivity index (χ0n) is 11.9. The summed E-state index contributed by atoms with van der Waals surface area (Å²) in [6, 6.07) is 14.3. The molecule has 0 spiro atoms.